The Morgan fingerprint density at radius 1 is 1.12 bits per heavy atom. The van der Waals surface area contributed by atoms with E-state index in [1.807, 2.05) is 17.9 Å². The lowest BCUT2D eigenvalue weighted by atomic mass is 9.91. The van der Waals surface area contributed by atoms with Crippen LogP contribution in [0, 0.1) is 18.3 Å². The highest BCUT2D eigenvalue weighted by molar-refractivity contribution is 6.04. The van der Waals surface area contributed by atoms with Gasteiger partial charge in [-0.25, -0.2) is 9.97 Å². The van der Waals surface area contributed by atoms with E-state index in [1.165, 1.54) is 6.42 Å². The van der Waals surface area contributed by atoms with Gasteiger partial charge < -0.3 is 19.7 Å². The fraction of sp³-hybridized carbons (Fsp3) is 0.692. The predicted molar refractivity (Wildman–Crippen MR) is 134 cm³/mol. The van der Waals surface area contributed by atoms with Gasteiger partial charge in [0.05, 0.1) is 5.56 Å². The van der Waals surface area contributed by atoms with Crippen LogP contribution in [-0.2, 0) is 17.8 Å². The van der Waals surface area contributed by atoms with Crippen molar-refractivity contribution in [3.63, 3.8) is 0 Å². The summed E-state index contributed by atoms with van der Waals surface area (Å²) in [4.78, 5) is 40.0. The average Bonchev–Trinajstić information content (AvgIpc) is 2.96. The number of amides is 2. The molecular formula is C26H40N6O2. The number of pyridine rings is 1. The van der Waals surface area contributed by atoms with E-state index in [-0.39, 0.29) is 23.1 Å². The maximum atomic E-state index is 13.5. The van der Waals surface area contributed by atoms with Crippen molar-refractivity contribution in [1.82, 2.24) is 29.7 Å². The summed E-state index contributed by atoms with van der Waals surface area (Å²) in [5.41, 5.74) is 3.09. The molecule has 1 fully saturated rings. The third kappa shape index (κ3) is 5.43. The summed E-state index contributed by atoms with van der Waals surface area (Å²) < 4.78 is 2.21. The van der Waals surface area contributed by atoms with Crippen LogP contribution in [0.1, 0.15) is 67.8 Å². The standard InChI is InChI=1S/C26H40N6O2/c1-18-15-20(22-23(28-18)32-12-8-6-7-9-21(32)29-22)25(34)31-13-10-19(11-14-31)24(33)27-16-26(2,3)17-30(4)5/h15,19H,6-14,16-17H2,1-5H3,(H,27,33). The molecule has 2 aromatic heterocycles. The largest absolute Gasteiger partial charge is 0.355 e. The van der Waals surface area contributed by atoms with E-state index in [2.05, 4.69) is 42.7 Å². The number of hydrogen-bond donors (Lipinski definition) is 1. The van der Waals surface area contributed by atoms with Crippen LogP contribution < -0.4 is 5.32 Å². The van der Waals surface area contributed by atoms with Gasteiger partial charge in [0.1, 0.15) is 11.3 Å². The zero-order valence-corrected chi connectivity index (χ0v) is 21.5. The normalized spacial score (nSPS) is 17.6. The van der Waals surface area contributed by atoms with E-state index in [1.54, 1.807) is 0 Å². The summed E-state index contributed by atoms with van der Waals surface area (Å²) in [5.74, 6) is 1.13. The molecule has 186 valence electrons. The molecule has 1 N–H and O–H groups in total. The van der Waals surface area contributed by atoms with Gasteiger partial charge in [-0.15, -0.1) is 0 Å². The lowest BCUT2D eigenvalue weighted by molar-refractivity contribution is -0.126. The Morgan fingerprint density at radius 3 is 2.56 bits per heavy atom. The van der Waals surface area contributed by atoms with E-state index in [0.29, 0.717) is 38.0 Å². The Morgan fingerprint density at radius 2 is 1.85 bits per heavy atom. The molecule has 0 atom stereocenters. The SMILES string of the molecule is Cc1cc(C(=O)N2CCC(C(=O)NCC(C)(C)CN(C)C)CC2)c2nc3n(c2n1)CCCCC3. The summed E-state index contributed by atoms with van der Waals surface area (Å²) in [7, 11) is 4.10. The number of carbonyl (C=O) groups is 2. The summed E-state index contributed by atoms with van der Waals surface area (Å²) in [6.07, 6.45) is 5.79. The number of hydrogen-bond acceptors (Lipinski definition) is 5. The molecule has 0 aliphatic carbocycles. The van der Waals surface area contributed by atoms with Crippen molar-refractivity contribution in [3.05, 3.63) is 23.1 Å². The number of nitrogens with one attached hydrogen (secondary N) is 1. The molecule has 0 spiro atoms. The maximum absolute atomic E-state index is 13.5. The lowest BCUT2D eigenvalue weighted by Crippen LogP contribution is -2.46. The molecule has 8 heteroatoms. The quantitative estimate of drug-likeness (QED) is 0.705. The van der Waals surface area contributed by atoms with Gasteiger partial charge in [-0.2, -0.15) is 0 Å². The second kappa shape index (κ2) is 10.0. The highest BCUT2D eigenvalue weighted by atomic mass is 16.2. The second-order valence-corrected chi connectivity index (χ2v) is 11.2. The van der Waals surface area contributed by atoms with Crippen LogP contribution in [0.15, 0.2) is 6.07 Å². The molecule has 8 nitrogen and oxygen atoms in total. The Balaban J connectivity index is 1.41. The lowest BCUT2D eigenvalue weighted by Gasteiger charge is -2.33. The zero-order chi connectivity index (χ0) is 24.5. The molecule has 4 rings (SSSR count). The molecule has 2 aromatic rings. The Hall–Kier alpha value is -2.48. The number of nitrogens with zero attached hydrogens (tertiary/aromatic N) is 5. The minimum absolute atomic E-state index is 0.00901. The predicted octanol–water partition coefficient (Wildman–Crippen LogP) is 3.02. The van der Waals surface area contributed by atoms with Gasteiger partial charge >= 0.3 is 0 Å². The van der Waals surface area contributed by atoms with Crippen LogP contribution >= 0.6 is 0 Å². The molecule has 1 saturated heterocycles. The van der Waals surface area contributed by atoms with Crippen molar-refractivity contribution in [3.8, 4) is 0 Å². The first kappa shape index (κ1) is 24.6. The third-order valence-corrected chi connectivity index (χ3v) is 7.06. The van der Waals surface area contributed by atoms with Crippen LogP contribution in [-0.4, -0.2) is 76.4 Å². The summed E-state index contributed by atoms with van der Waals surface area (Å²) in [6.45, 7) is 9.95. The van der Waals surface area contributed by atoms with Crippen LogP contribution in [0.3, 0.4) is 0 Å². The first-order valence-electron chi connectivity index (χ1n) is 12.7. The van der Waals surface area contributed by atoms with Crippen molar-refractivity contribution < 1.29 is 9.59 Å². The number of imidazole rings is 1. The van der Waals surface area contributed by atoms with Crippen molar-refractivity contribution in [2.24, 2.45) is 11.3 Å². The smallest absolute Gasteiger partial charge is 0.256 e. The minimum Gasteiger partial charge on any atom is -0.355 e. The molecule has 2 aliphatic rings. The molecule has 0 unspecified atom stereocenters. The van der Waals surface area contributed by atoms with Gasteiger partial charge in [0.15, 0.2) is 5.65 Å². The molecule has 0 saturated carbocycles. The van der Waals surface area contributed by atoms with Crippen molar-refractivity contribution in [2.75, 3.05) is 40.3 Å². The van der Waals surface area contributed by atoms with Gasteiger partial charge in [-0.05, 0) is 58.2 Å². The van der Waals surface area contributed by atoms with Crippen LogP contribution in [0.5, 0.6) is 0 Å². The topological polar surface area (TPSA) is 83.4 Å². The third-order valence-electron chi connectivity index (χ3n) is 7.06. The first-order valence-corrected chi connectivity index (χ1v) is 12.7. The molecule has 0 bridgehead atoms. The zero-order valence-electron chi connectivity index (χ0n) is 21.5. The highest BCUT2D eigenvalue weighted by Crippen LogP contribution is 2.27. The average molecular weight is 469 g/mol. The molecule has 0 aromatic carbocycles. The van der Waals surface area contributed by atoms with Crippen molar-refractivity contribution in [1.29, 1.82) is 0 Å². The molecule has 2 amide bonds. The van der Waals surface area contributed by atoms with Crippen molar-refractivity contribution in [2.45, 2.75) is 65.8 Å². The van der Waals surface area contributed by atoms with Crippen molar-refractivity contribution >= 4 is 23.0 Å². The van der Waals surface area contributed by atoms with E-state index in [4.69, 9.17) is 9.97 Å². The highest BCUT2D eigenvalue weighted by Gasteiger charge is 2.31. The van der Waals surface area contributed by atoms with E-state index < -0.39 is 0 Å². The number of aromatic nitrogens is 3. The molecule has 34 heavy (non-hydrogen) atoms. The fourth-order valence-corrected chi connectivity index (χ4v) is 5.48. The van der Waals surface area contributed by atoms with Gasteiger partial charge in [-0.1, -0.05) is 20.3 Å². The number of carbonyl (C=O) groups excluding carboxylic acids is 2. The van der Waals surface area contributed by atoms with Gasteiger partial charge in [-0.3, -0.25) is 9.59 Å². The Bertz CT molecular complexity index is 1050. The summed E-state index contributed by atoms with van der Waals surface area (Å²) >= 11 is 0. The monoisotopic (exact) mass is 468 g/mol. The summed E-state index contributed by atoms with van der Waals surface area (Å²) in [6, 6.07) is 1.88. The van der Waals surface area contributed by atoms with Crippen LogP contribution in [0.4, 0.5) is 0 Å². The molecular weight excluding hydrogens is 428 g/mol. The minimum atomic E-state index is -0.0397. The van der Waals surface area contributed by atoms with Gasteiger partial charge in [0.25, 0.3) is 5.91 Å². The van der Waals surface area contributed by atoms with Crippen LogP contribution in [0.25, 0.3) is 11.2 Å². The molecule has 0 radical (unpaired) electrons. The second-order valence-electron chi connectivity index (χ2n) is 11.2. The maximum Gasteiger partial charge on any atom is 0.256 e. The molecule has 2 aliphatic heterocycles. The van der Waals surface area contributed by atoms with E-state index >= 15 is 0 Å². The van der Waals surface area contributed by atoms with Gasteiger partial charge in [0.2, 0.25) is 5.91 Å². The Kier molecular flexibility index (Phi) is 7.26. The molecule has 4 heterocycles. The Labute approximate surface area is 203 Å². The fourth-order valence-electron chi connectivity index (χ4n) is 5.48. The van der Waals surface area contributed by atoms with E-state index in [0.717, 1.165) is 55.0 Å². The number of fused-ring (bicyclic) bond motifs is 3. The van der Waals surface area contributed by atoms with Gasteiger partial charge in [0, 0.05) is 50.8 Å². The van der Waals surface area contributed by atoms with Crippen LogP contribution in [0.2, 0.25) is 0 Å². The number of piperidine rings is 1. The number of aryl methyl sites for hydroxylation is 3. The van der Waals surface area contributed by atoms with E-state index in [9.17, 15) is 9.59 Å². The summed E-state index contributed by atoms with van der Waals surface area (Å²) in [5, 5.41) is 3.15. The number of rotatable bonds is 6. The number of likely N-dealkylation sites (tertiary alicyclic amines) is 1. The first-order chi connectivity index (χ1) is 16.1.